The number of aliphatic hydroxyl groups is 4. The summed E-state index contributed by atoms with van der Waals surface area (Å²) in [6.45, 7) is 3.40. The van der Waals surface area contributed by atoms with E-state index in [4.69, 9.17) is 18.9 Å². The molecule has 1 rings (SSSR count). The van der Waals surface area contributed by atoms with Gasteiger partial charge in [0.25, 0.3) is 0 Å². The number of unbranched alkanes of at least 4 members (excludes halogenated alkanes) is 22. The molecule has 1 fully saturated rings. The van der Waals surface area contributed by atoms with Crippen molar-refractivity contribution >= 4 is 11.9 Å². The van der Waals surface area contributed by atoms with Gasteiger partial charge in [-0.1, -0.05) is 148 Å². The Morgan fingerprint density at radius 1 is 0.577 bits per heavy atom. The van der Waals surface area contributed by atoms with E-state index in [0.29, 0.717) is 6.42 Å². The number of allylic oxidation sites excluding steroid dienone is 2. The van der Waals surface area contributed by atoms with Gasteiger partial charge in [-0.15, -0.1) is 0 Å². The Hall–Kier alpha value is -1.56. The zero-order chi connectivity index (χ0) is 38.1. The Labute approximate surface area is 316 Å². The third-order valence-corrected chi connectivity index (χ3v) is 9.90. The molecule has 0 spiro atoms. The van der Waals surface area contributed by atoms with Gasteiger partial charge < -0.3 is 39.4 Å². The summed E-state index contributed by atoms with van der Waals surface area (Å²) in [7, 11) is 0. The molecule has 2 unspecified atom stereocenters. The van der Waals surface area contributed by atoms with Crippen molar-refractivity contribution in [2.75, 3.05) is 19.8 Å². The highest BCUT2D eigenvalue weighted by molar-refractivity contribution is 5.70. The zero-order valence-corrected chi connectivity index (χ0v) is 33.1. The summed E-state index contributed by atoms with van der Waals surface area (Å²) in [4.78, 5) is 25.2. The maximum absolute atomic E-state index is 12.7. The first kappa shape index (κ1) is 48.5. The summed E-state index contributed by atoms with van der Waals surface area (Å²) in [6.07, 6.45) is 26.5. The average molecular weight is 743 g/mol. The molecular weight excluding hydrogens is 664 g/mol. The van der Waals surface area contributed by atoms with Crippen molar-refractivity contribution < 1.29 is 49.0 Å². The first-order valence-electron chi connectivity index (χ1n) is 21.3. The quantitative estimate of drug-likeness (QED) is 0.0283. The predicted octanol–water partition coefficient (Wildman–Crippen LogP) is 8.39. The maximum Gasteiger partial charge on any atom is 0.306 e. The van der Waals surface area contributed by atoms with Gasteiger partial charge in [0, 0.05) is 12.8 Å². The average Bonchev–Trinajstić information content (AvgIpc) is 3.14. The van der Waals surface area contributed by atoms with Crippen LogP contribution < -0.4 is 0 Å². The Morgan fingerprint density at radius 3 is 1.50 bits per heavy atom. The maximum atomic E-state index is 12.7. The largest absolute Gasteiger partial charge is 0.462 e. The monoisotopic (exact) mass is 743 g/mol. The second-order valence-electron chi connectivity index (χ2n) is 14.8. The van der Waals surface area contributed by atoms with Gasteiger partial charge in [0.1, 0.15) is 31.0 Å². The van der Waals surface area contributed by atoms with E-state index >= 15 is 0 Å². The minimum absolute atomic E-state index is 0.215. The highest BCUT2D eigenvalue weighted by Crippen LogP contribution is 2.22. The Bertz CT molecular complexity index is 866. The van der Waals surface area contributed by atoms with E-state index in [1.807, 2.05) is 0 Å². The number of carbonyl (C=O) groups excluding carboxylic acids is 2. The lowest BCUT2D eigenvalue weighted by molar-refractivity contribution is -0.305. The molecule has 0 aromatic heterocycles. The number of rotatable bonds is 35. The van der Waals surface area contributed by atoms with Crippen molar-refractivity contribution in [3.8, 4) is 0 Å². The molecule has 0 aromatic rings. The summed E-state index contributed by atoms with van der Waals surface area (Å²) in [5.41, 5.74) is 0. The number of aliphatic hydroxyl groups excluding tert-OH is 4. The summed E-state index contributed by atoms with van der Waals surface area (Å²) < 4.78 is 22.1. The van der Waals surface area contributed by atoms with Crippen LogP contribution in [0.2, 0.25) is 0 Å². The van der Waals surface area contributed by atoms with Gasteiger partial charge >= 0.3 is 11.9 Å². The van der Waals surface area contributed by atoms with Crippen molar-refractivity contribution in [1.29, 1.82) is 0 Å². The predicted molar refractivity (Wildman–Crippen MR) is 206 cm³/mol. The van der Waals surface area contributed by atoms with E-state index in [1.54, 1.807) is 0 Å². The van der Waals surface area contributed by atoms with Crippen LogP contribution in [0.15, 0.2) is 12.2 Å². The van der Waals surface area contributed by atoms with Crippen LogP contribution in [0.1, 0.15) is 187 Å². The molecule has 1 aliphatic rings. The van der Waals surface area contributed by atoms with Gasteiger partial charge in [0.2, 0.25) is 0 Å². The number of hydrogen-bond donors (Lipinski definition) is 4. The lowest BCUT2D eigenvalue weighted by Gasteiger charge is -2.39. The molecule has 10 heteroatoms. The topological polar surface area (TPSA) is 152 Å². The molecule has 10 nitrogen and oxygen atoms in total. The fourth-order valence-corrected chi connectivity index (χ4v) is 6.48. The Morgan fingerprint density at radius 2 is 1.02 bits per heavy atom. The zero-order valence-electron chi connectivity index (χ0n) is 33.1. The van der Waals surface area contributed by atoms with Crippen LogP contribution in [0.3, 0.4) is 0 Å². The van der Waals surface area contributed by atoms with E-state index in [0.717, 1.165) is 51.4 Å². The van der Waals surface area contributed by atoms with Crippen molar-refractivity contribution in [3.63, 3.8) is 0 Å². The van der Waals surface area contributed by atoms with Crippen LogP contribution in [0.25, 0.3) is 0 Å². The van der Waals surface area contributed by atoms with Gasteiger partial charge in [0.05, 0.1) is 13.2 Å². The SMILES string of the molecule is CCCCCCCC/C=C/CCCCCCCCCC(=O)OC[C@@H](CO[C@H]1O[C@@H](CO)[C@@H](O)C(O)C1O)OC(=O)CCCCCCCCCCCC. The second-order valence-corrected chi connectivity index (χ2v) is 14.8. The van der Waals surface area contributed by atoms with Crippen molar-refractivity contribution in [2.45, 2.75) is 224 Å². The number of ether oxygens (including phenoxy) is 4. The normalized spacial score (nSPS) is 21.1. The lowest BCUT2D eigenvalue weighted by atomic mass is 9.99. The van der Waals surface area contributed by atoms with Gasteiger partial charge in [-0.05, 0) is 38.5 Å². The molecule has 0 aromatic carbocycles. The number of esters is 2. The first-order chi connectivity index (χ1) is 25.3. The van der Waals surface area contributed by atoms with Gasteiger partial charge in [-0.25, -0.2) is 0 Å². The fraction of sp³-hybridized carbons (Fsp3) is 0.905. The third kappa shape index (κ3) is 25.5. The second kappa shape index (κ2) is 34.0. The van der Waals surface area contributed by atoms with Crippen molar-refractivity contribution in [1.82, 2.24) is 0 Å². The molecule has 1 saturated heterocycles. The molecule has 0 saturated carbocycles. The fourth-order valence-electron chi connectivity index (χ4n) is 6.48. The minimum atomic E-state index is -1.59. The van der Waals surface area contributed by atoms with Crippen molar-refractivity contribution in [3.05, 3.63) is 12.2 Å². The minimum Gasteiger partial charge on any atom is -0.462 e. The molecule has 306 valence electrons. The van der Waals surface area contributed by atoms with Crippen LogP contribution in [-0.2, 0) is 28.5 Å². The molecule has 4 N–H and O–H groups in total. The lowest BCUT2D eigenvalue weighted by Crippen LogP contribution is -2.59. The van der Waals surface area contributed by atoms with Crippen molar-refractivity contribution in [2.24, 2.45) is 0 Å². The molecule has 0 amide bonds. The van der Waals surface area contributed by atoms with Crippen LogP contribution >= 0.6 is 0 Å². The summed E-state index contributed by atoms with van der Waals surface area (Å²) >= 11 is 0. The highest BCUT2D eigenvalue weighted by Gasteiger charge is 2.44. The molecule has 6 atom stereocenters. The molecule has 0 aliphatic carbocycles. The Kier molecular flexibility index (Phi) is 31.7. The van der Waals surface area contributed by atoms with Gasteiger partial charge in [0.15, 0.2) is 12.4 Å². The molecule has 1 aliphatic heterocycles. The standard InChI is InChI=1S/C42H78O10/c1-3-5-7-9-11-13-15-16-17-18-19-20-21-23-24-26-28-30-37(44)49-33-35(34-50-42-41(48)40(47)39(46)36(32-43)52-42)51-38(45)31-29-27-25-22-14-12-10-8-6-4-2/h16-17,35-36,39-43,46-48H,3-15,18-34H2,1-2H3/b17-16+/t35-,36-,39+,40?,41?,42-/m0/s1. The van der Waals surface area contributed by atoms with E-state index in [2.05, 4.69) is 26.0 Å². The van der Waals surface area contributed by atoms with E-state index in [1.165, 1.54) is 103 Å². The van der Waals surface area contributed by atoms with Crippen LogP contribution in [-0.4, -0.2) is 89.0 Å². The summed E-state index contributed by atoms with van der Waals surface area (Å²) in [5.74, 6) is -0.807. The van der Waals surface area contributed by atoms with Crippen LogP contribution in [0, 0.1) is 0 Å². The van der Waals surface area contributed by atoms with Crippen LogP contribution in [0.4, 0.5) is 0 Å². The first-order valence-corrected chi connectivity index (χ1v) is 21.3. The van der Waals surface area contributed by atoms with E-state index in [-0.39, 0.29) is 32.0 Å². The third-order valence-electron chi connectivity index (χ3n) is 9.90. The van der Waals surface area contributed by atoms with E-state index < -0.39 is 49.4 Å². The Balaban J connectivity index is 2.32. The summed E-state index contributed by atoms with van der Waals surface area (Å²) in [6, 6.07) is 0. The van der Waals surface area contributed by atoms with Gasteiger partial charge in [-0.3, -0.25) is 9.59 Å². The number of hydrogen-bond acceptors (Lipinski definition) is 10. The highest BCUT2D eigenvalue weighted by atomic mass is 16.7. The molecule has 0 bridgehead atoms. The number of carbonyl (C=O) groups is 2. The van der Waals surface area contributed by atoms with Crippen LogP contribution in [0.5, 0.6) is 0 Å². The van der Waals surface area contributed by atoms with E-state index in [9.17, 15) is 30.0 Å². The van der Waals surface area contributed by atoms with Gasteiger partial charge in [-0.2, -0.15) is 0 Å². The summed E-state index contributed by atoms with van der Waals surface area (Å²) in [5, 5.41) is 39.9. The molecule has 52 heavy (non-hydrogen) atoms. The molecule has 1 heterocycles. The molecule has 0 radical (unpaired) electrons. The molecular formula is C42H78O10. The smallest absolute Gasteiger partial charge is 0.306 e.